The lowest BCUT2D eigenvalue weighted by molar-refractivity contribution is 0.0958. The third-order valence-corrected chi connectivity index (χ3v) is 3.17. The van der Waals surface area contributed by atoms with Crippen LogP contribution in [0.5, 0.6) is 0 Å². The molecule has 0 aliphatic rings. The fourth-order valence-electron chi connectivity index (χ4n) is 2.12. The van der Waals surface area contributed by atoms with E-state index in [0.29, 0.717) is 11.4 Å². The summed E-state index contributed by atoms with van der Waals surface area (Å²) in [6.45, 7) is 0. The minimum absolute atomic E-state index is 0.295. The minimum atomic E-state index is -0.295. The van der Waals surface area contributed by atoms with Gasteiger partial charge in [-0.3, -0.25) is 20.6 Å². The number of rotatable bonds is 3. The van der Waals surface area contributed by atoms with Gasteiger partial charge < -0.3 is 5.73 Å². The van der Waals surface area contributed by atoms with Crippen LogP contribution in [0, 0.1) is 0 Å². The number of nitrogens with zero attached hydrogens (tertiary/aromatic N) is 1. The number of carbonyl (C=O) groups is 1. The van der Waals surface area contributed by atoms with Crippen molar-refractivity contribution in [2.75, 3.05) is 11.2 Å². The van der Waals surface area contributed by atoms with Gasteiger partial charge in [-0.1, -0.05) is 30.3 Å². The molecule has 2 aromatic carbocycles. The van der Waals surface area contributed by atoms with Crippen LogP contribution in [0.3, 0.4) is 0 Å². The zero-order chi connectivity index (χ0) is 14.7. The zero-order valence-electron chi connectivity index (χ0n) is 11.2. The lowest BCUT2D eigenvalue weighted by Gasteiger charge is -2.12. The van der Waals surface area contributed by atoms with Gasteiger partial charge in [0.05, 0.1) is 5.69 Å². The molecular weight excluding hydrogens is 264 g/mol. The van der Waals surface area contributed by atoms with Gasteiger partial charge in [0, 0.05) is 22.7 Å². The van der Waals surface area contributed by atoms with Crippen molar-refractivity contribution in [3.63, 3.8) is 0 Å². The highest BCUT2D eigenvalue weighted by molar-refractivity contribution is 6.02. The van der Waals surface area contributed by atoms with Gasteiger partial charge in [0.25, 0.3) is 5.91 Å². The van der Waals surface area contributed by atoms with Gasteiger partial charge in [0.1, 0.15) is 5.69 Å². The van der Waals surface area contributed by atoms with Crippen LogP contribution in [0.1, 0.15) is 10.5 Å². The molecule has 3 aromatic rings. The number of hydrazine groups is 1. The summed E-state index contributed by atoms with van der Waals surface area (Å²) in [5.41, 5.74) is 13.3. The van der Waals surface area contributed by atoms with Crippen molar-refractivity contribution < 1.29 is 4.79 Å². The second-order valence-corrected chi connectivity index (χ2v) is 4.54. The molecule has 0 atom stereocenters. The molecular formula is C16H14N4O. The average molecular weight is 278 g/mol. The van der Waals surface area contributed by atoms with Crippen LogP contribution < -0.4 is 16.6 Å². The van der Waals surface area contributed by atoms with E-state index in [1.54, 1.807) is 30.5 Å². The molecule has 0 saturated heterocycles. The second-order valence-electron chi connectivity index (χ2n) is 4.54. The number of anilines is 2. The largest absolute Gasteiger partial charge is 0.398 e. The highest BCUT2D eigenvalue weighted by Crippen LogP contribution is 2.27. The molecule has 1 amide bonds. The first-order valence-corrected chi connectivity index (χ1v) is 6.50. The zero-order valence-corrected chi connectivity index (χ0v) is 11.2. The highest BCUT2D eigenvalue weighted by Gasteiger charge is 2.07. The topological polar surface area (TPSA) is 80.0 Å². The number of nitrogen functional groups attached to an aromatic ring is 1. The number of aromatic nitrogens is 1. The Morgan fingerprint density at radius 1 is 0.952 bits per heavy atom. The maximum absolute atomic E-state index is 12.0. The molecule has 0 spiro atoms. The predicted octanol–water partition coefficient (Wildman–Crippen LogP) is 2.57. The fraction of sp³-hybridized carbons (Fsp3) is 0. The summed E-state index contributed by atoms with van der Waals surface area (Å²) >= 11 is 0. The number of nitrogens with one attached hydrogen (secondary N) is 2. The van der Waals surface area contributed by atoms with Crippen LogP contribution in [-0.2, 0) is 0 Å². The summed E-state index contributed by atoms with van der Waals surface area (Å²) in [6.07, 6.45) is 1.58. The molecule has 0 radical (unpaired) electrons. The van der Waals surface area contributed by atoms with E-state index in [1.807, 2.05) is 30.3 Å². The predicted molar refractivity (Wildman–Crippen MR) is 83.7 cm³/mol. The standard InChI is InChI=1S/C16H14N4O/c17-13-8-9-14(12-6-2-1-5-11(12)13)19-20-16(21)15-7-3-4-10-18-15/h1-10,19H,17H2,(H,20,21). The molecule has 1 aromatic heterocycles. The molecule has 3 rings (SSSR count). The van der Waals surface area contributed by atoms with E-state index in [0.717, 1.165) is 16.5 Å². The Kier molecular flexibility index (Phi) is 3.39. The molecule has 0 unspecified atom stereocenters. The number of benzene rings is 2. The molecule has 5 nitrogen and oxygen atoms in total. The third-order valence-electron chi connectivity index (χ3n) is 3.17. The monoisotopic (exact) mass is 278 g/mol. The van der Waals surface area contributed by atoms with Crippen molar-refractivity contribution in [1.29, 1.82) is 0 Å². The summed E-state index contributed by atoms with van der Waals surface area (Å²) in [6, 6.07) is 16.5. The Labute approximate surface area is 121 Å². The van der Waals surface area contributed by atoms with Crippen molar-refractivity contribution in [1.82, 2.24) is 10.4 Å². The Morgan fingerprint density at radius 3 is 2.48 bits per heavy atom. The normalized spacial score (nSPS) is 10.3. The van der Waals surface area contributed by atoms with Crippen LogP contribution in [0.4, 0.5) is 11.4 Å². The van der Waals surface area contributed by atoms with Gasteiger partial charge in [-0.15, -0.1) is 0 Å². The summed E-state index contributed by atoms with van der Waals surface area (Å²) in [7, 11) is 0. The van der Waals surface area contributed by atoms with E-state index in [4.69, 9.17) is 5.73 Å². The van der Waals surface area contributed by atoms with Crippen LogP contribution in [0.25, 0.3) is 10.8 Å². The van der Waals surface area contributed by atoms with Gasteiger partial charge >= 0.3 is 0 Å². The highest BCUT2D eigenvalue weighted by atomic mass is 16.2. The molecule has 1 heterocycles. The lowest BCUT2D eigenvalue weighted by atomic mass is 10.1. The first kappa shape index (κ1) is 12.9. The third kappa shape index (κ3) is 2.62. The summed E-state index contributed by atoms with van der Waals surface area (Å²) in [5, 5.41) is 1.88. The van der Waals surface area contributed by atoms with Crippen molar-refractivity contribution in [2.45, 2.75) is 0 Å². The lowest BCUT2D eigenvalue weighted by Crippen LogP contribution is -2.30. The van der Waals surface area contributed by atoms with E-state index in [1.165, 1.54) is 0 Å². The first-order valence-electron chi connectivity index (χ1n) is 6.50. The van der Waals surface area contributed by atoms with E-state index >= 15 is 0 Å². The van der Waals surface area contributed by atoms with Crippen LogP contribution in [-0.4, -0.2) is 10.9 Å². The van der Waals surface area contributed by atoms with Crippen LogP contribution >= 0.6 is 0 Å². The van der Waals surface area contributed by atoms with Crippen molar-refractivity contribution in [2.24, 2.45) is 0 Å². The van der Waals surface area contributed by atoms with E-state index in [2.05, 4.69) is 15.8 Å². The molecule has 104 valence electrons. The molecule has 0 bridgehead atoms. The van der Waals surface area contributed by atoms with E-state index in [9.17, 15) is 4.79 Å². The van der Waals surface area contributed by atoms with Gasteiger partial charge in [0.2, 0.25) is 0 Å². The SMILES string of the molecule is Nc1ccc(NNC(=O)c2ccccn2)c2ccccc12. The number of hydrogen-bond donors (Lipinski definition) is 3. The molecule has 5 heteroatoms. The minimum Gasteiger partial charge on any atom is -0.398 e. The Hall–Kier alpha value is -3.08. The number of fused-ring (bicyclic) bond motifs is 1. The van der Waals surface area contributed by atoms with Gasteiger partial charge in [0.15, 0.2) is 0 Å². The number of pyridine rings is 1. The number of amides is 1. The Bertz CT molecular complexity index is 787. The fourth-order valence-corrected chi connectivity index (χ4v) is 2.12. The van der Waals surface area contributed by atoms with Gasteiger partial charge in [-0.2, -0.15) is 0 Å². The molecule has 4 N–H and O–H groups in total. The molecule has 0 fully saturated rings. The van der Waals surface area contributed by atoms with Gasteiger partial charge in [-0.25, -0.2) is 0 Å². The first-order chi connectivity index (χ1) is 10.3. The molecule has 0 aliphatic heterocycles. The van der Waals surface area contributed by atoms with E-state index in [-0.39, 0.29) is 5.91 Å². The number of carbonyl (C=O) groups excluding carboxylic acids is 1. The van der Waals surface area contributed by atoms with Crippen LogP contribution in [0.2, 0.25) is 0 Å². The quantitative estimate of drug-likeness (QED) is 0.508. The smallest absolute Gasteiger partial charge is 0.288 e. The van der Waals surface area contributed by atoms with E-state index < -0.39 is 0 Å². The molecule has 0 saturated carbocycles. The van der Waals surface area contributed by atoms with Crippen molar-refractivity contribution in [3.8, 4) is 0 Å². The van der Waals surface area contributed by atoms with Crippen LogP contribution in [0.15, 0.2) is 60.8 Å². The van der Waals surface area contributed by atoms with Crippen molar-refractivity contribution >= 4 is 28.1 Å². The maximum Gasteiger partial charge on any atom is 0.288 e. The summed E-state index contributed by atoms with van der Waals surface area (Å²) in [4.78, 5) is 16.0. The Morgan fingerprint density at radius 2 is 1.71 bits per heavy atom. The van der Waals surface area contributed by atoms with Crippen molar-refractivity contribution in [3.05, 3.63) is 66.5 Å². The average Bonchev–Trinajstić information content (AvgIpc) is 2.55. The maximum atomic E-state index is 12.0. The number of hydrogen-bond acceptors (Lipinski definition) is 4. The molecule has 21 heavy (non-hydrogen) atoms. The van der Waals surface area contributed by atoms with Gasteiger partial charge in [-0.05, 0) is 24.3 Å². The number of nitrogens with two attached hydrogens (primary N) is 1. The second kappa shape index (κ2) is 5.50. The summed E-state index contributed by atoms with van der Waals surface area (Å²) < 4.78 is 0. The Balaban J connectivity index is 1.83. The summed E-state index contributed by atoms with van der Waals surface area (Å²) in [5.74, 6) is -0.295. The molecule has 0 aliphatic carbocycles.